The molecule has 0 aliphatic rings. The van der Waals surface area contributed by atoms with E-state index in [1.54, 1.807) is 0 Å². The van der Waals surface area contributed by atoms with Gasteiger partial charge in [0.25, 0.3) is 5.56 Å². The number of nitrogens with two attached hydrogens (primary N) is 1. The normalized spacial score (nSPS) is 13.0. The van der Waals surface area contributed by atoms with E-state index < -0.39 is 0 Å². The van der Waals surface area contributed by atoms with E-state index in [4.69, 9.17) is 5.73 Å². The SMILES string of the molecule is CCCCC(CC)c1nc2nc(N)[nH]c(=O)c2[nH]1. The third-order valence-corrected chi connectivity index (χ3v) is 3.18. The van der Waals surface area contributed by atoms with E-state index in [1.807, 2.05) is 0 Å². The average molecular weight is 249 g/mol. The Labute approximate surface area is 105 Å². The summed E-state index contributed by atoms with van der Waals surface area (Å²) in [5, 5.41) is 0. The van der Waals surface area contributed by atoms with Crippen molar-refractivity contribution in [2.24, 2.45) is 0 Å². The van der Waals surface area contributed by atoms with Crippen molar-refractivity contribution < 1.29 is 0 Å². The van der Waals surface area contributed by atoms with Crippen LogP contribution in [0.2, 0.25) is 0 Å². The Morgan fingerprint density at radius 1 is 1.28 bits per heavy atom. The Morgan fingerprint density at radius 2 is 2.06 bits per heavy atom. The van der Waals surface area contributed by atoms with Gasteiger partial charge in [-0.15, -0.1) is 0 Å². The molecule has 1 atom stereocenters. The molecule has 1 unspecified atom stereocenters. The molecule has 2 heterocycles. The summed E-state index contributed by atoms with van der Waals surface area (Å²) >= 11 is 0. The van der Waals surface area contributed by atoms with E-state index in [9.17, 15) is 4.79 Å². The number of unbranched alkanes of at least 4 members (excludes halogenated alkanes) is 1. The Morgan fingerprint density at radius 3 is 2.72 bits per heavy atom. The number of nitrogens with one attached hydrogen (secondary N) is 2. The molecule has 0 aromatic carbocycles. The molecule has 6 nitrogen and oxygen atoms in total. The maximum absolute atomic E-state index is 11.7. The molecule has 0 bridgehead atoms. The number of hydrogen-bond acceptors (Lipinski definition) is 4. The Kier molecular flexibility index (Phi) is 3.64. The van der Waals surface area contributed by atoms with Gasteiger partial charge in [-0.2, -0.15) is 4.98 Å². The van der Waals surface area contributed by atoms with E-state index >= 15 is 0 Å². The van der Waals surface area contributed by atoms with Crippen LogP contribution < -0.4 is 11.3 Å². The number of aromatic nitrogens is 4. The third-order valence-electron chi connectivity index (χ3n) is 3.18. The lowest BCUT2D eigenvalue weighted by molar-refractivity contribution is 0.549. The van der Waals surface area contributed by atoms with E-state index in [1.165, 1.54) is 0 Å². The van der Waals surface area contributed by atoms with Gasteiger partial charge in [0.15, 0.2) is 11.2 Å². The van der Waals surface area contributed by atoms with E-state index in [2.05, 4.69) is 33.8 Å². The molecule has 0 saturated heterocycles. The van der Waals surface area contributed by atoms with Crippen LogP contribution in [-0.4, -0.2) is 19.9 Å². The standard InChI is InChI=1S/C12H19N5O/c1-3-5-6-7(4-2)9-14-8-10(15-9)16-12(13)17-11(8)18/h7H,3-6H2,1-2H3,(H4,13,14,15,16,17,18). The molecule has 98 valence electrons. The number of nitrogens with zero attached hydrogens (tertiary/aromatic N) is 2. The Bertz CT molecular complexity index is 586. The predicted octanol–water partition coefficient (Wildman–Crippen LogP) is 1.91. The first kappa shape index (κ1) is 12.6. The van der Waals surface area contributed by atoms with Crippen molar-refractivity contribution >= 4 is 17.1 Å². The van der Waals surface area contributed by atoms with Gasteiger partial charge in [0.05, 0.1) is 0 Å². The molecule has 2 aromatic rings. The van der Waals surface area contributed by atoms with Crippen LogP contribution in [0.1, 0.15) is 51.3 Å². The number of H-pyrrole nitrogens is 2. The lowest BCUT2D eigenvalue weighted by Gasteiger charge is -2.10. The molecule has 0 radical (unpaired) electrons. The summed E-state index contributed by atoms with van der Waals surface area (Å²) in [6.45, 7) is 4.29. The molecular weight excluding hydrogens is 230 g/mol. The molecule has 0 saturated carbocycles. The second kappa shape index (κ2) is 5.20. The lowest BCUT2D eigenvalue weighted by Crippen LogP contribution is -2.10. The lowest BCUT2D eigenvalue weighted by atomic mass is 9.99. The number of imidazole rings is 1. The highest BCUT2D eigenvalue weighted by Crippen LogP contribution is 2.23. The summed E-state index contributed by atoms with van der Waals surface area (Å²) in [4.78, 5) is 25.7. The molecule has 0 spiro atoms. The number of anilines is 1. The van der Waals surface area contributed by atoms with Gasteiger partial charge >= 0.3 is 0 Å². The third kappa shape index (κ3) is 2.37. The van der Waals surface area contributed by atoms with Gasteiger partial charge in [-0.1, -0.05) is 26.7 Å². The number of nitrogen functional groups attached to an aromatic ring is 1. The fourth-order valence-corrected chi connectivity index (χ4v) is 2.12. The molecule has 0 aliphatic heterocycles. The summed E-state index contributed by atoms with van der Waals surface area (Å²) in [6.07, 6.45) is 4.37. The second-order valence-electron chi connectivity index (χ2n) is 4.52. The van der Waals surface area contributed by atoms with E-state index in [0.717, 1.165) is 31.5 Å². The van der Waals surface area contributed by atoms with E-state index in [-0.39, 0.29) is 11.5 Å². The number of fused-ring (bicyclic) bond motifs is 1. The number of hydrogen-bond donors (Lipinski definition) is 3. The highest BCUT2D eigenvalue weighted by atomic mass is 16.1. The van der Waals surface area contributed by atoms with Crippen molar-refractivity contribution in [2.75, 3.05) is 5.73 Å². The zero-order valence-electron chi connectivity index (χ0n) is 10.8. The molecule has 18 heavy (non-hydrogen) atoms. The van der Waals surface area contributed by atoms with Crippen LogP contribution in [-0.2, 0) is 0 Å². The Balaban J connectivity index is 2.39. The minimum absolute atomic E-state index is 0.104. The molecule has 0 aliphatic carbocycles. The molecule has 2 rings (SSSR count). The second-order valence-corrected chi connectivity index (χ2v) is 4.52. The van der Waals surface area contributed by atoms with Crippen LogP contribution in [0.15, 0.2) is 4.79 Å². The van der Waals surface area contributed by atoms with Crippen molar-refractivity contribution in [3.8, 4) is 0 Å². The van der Waals surface area contributed by atoms with Gasteiger partial charge in [0, 0.05) is 5.92 Å². The zero-order valence-corrected chi connectivity index (χ0v) is 10.8. The molecular formula is C12H19N5O. The van der Waals surface area contributed by atoms with Crippen molar-refractivity contribution in [3.63, 3.8) is 0 Å². The van der Waals surface area contributed by atoms with Crippen LogP contribution in [0.5, 0.6) is 0 Å². The van der Waals surface area contributed by atoms with Gasteiger partial charge in [0.1, 0.15) is 5.82 Å². The maximum atomic E-state index is 11.7. The van der Waals surface area contributed by atoms with Gasteiger partial charge in [-0.05, 0) is 12.8 Å². The van der Waals surface area contributed by atoms with Gasteiger partial charge in [-0.3, -0.25) is 9.78 Å². The van der Waals surface area contributed by atoms with Crippen LogP contribution in [0.3, 0.4) is 0 Å². The van der Waals surface area contributed by atoms with Crippen molar-refractivity contribution in [3.05, 3.63) is 16.2 Å². The minimum atomic E-state index is -0.262. The van der Waals surface area contributed by atoms with Crippen molar-refractivity contribution in [2.45, 2.75) is 45.4 Å². The van der Waals surface area contributed by atoms with Crippen LogP contribution >= 0.6 is 0 Å². The number of rotatable bonds is 5. The minimum Gasteiger partial charge on any atom is -0.369 e. The summed E-state index contributed by atoms with van der Waals surface area (Å²) in [5.74, 6) is 1.29. The predicted molar refractivity (Wildman–Crippen MR) is 71.5 cm³/mol. The summed E-state index contributed by atoms with van der Waals surface area (Å²) < 4.78 is 0. The average Bonchev–Trinajstić information content (AvgIpc) is 2.74. The largest absolute Gasteiger partial charge is 0.369 e. The van der Waals surface area contributed by atoms with Gasteiger partial charge in [0.2, 0.25) is 5.95 Å². The summed E-state index contributed by atoms with van der Waals surface area (Å²) in [7, 11) is 0. The summed E-state index contributed by atoms with van der Waals surface area (Å²) in [6, 6.07) is 0. The molecule has 2 aromatic heterocycles. The number of aromatic amines is 2. The molecule has 6 heteroatoms. The van der Waals surface area contributed by atoms with Crippen LogP contribution in [0, 0.1) is 0 Å². The van der Waals surface area contributed by atoms with E-state index in [0.29, 0.717) is 17.1 Å². The highest BCUT2D eigenvalue weighted by Gasteiger charge is 2.15. The quantitative estimate of drug-likeness (QED) is 0.753. The monoisotopic (exact) mass is 249 g/mol. The summed E-state index contributed by atoms with van der Waals surface area (Å²) in [5.41, 5.74) is 6.05. The zero-order chi connectivity index (χ0) is 13.1. The molecule has 4 N–H and O–H groups in total. The topological polar surface area (TPSA) is 100 Å². The first-order valence-electron chi connectivity index (χ1n) is 6.41. The highest BCUT2D eigenvalue weighted by molar-refractivity contribution is 5.70. The first-order chi connectivity index (χ1) is 8.65. The fourth-order valence-electron chi connectivity index (χ4n) is 2.12. The fraction of sp³-hybridized carbons (Fsp3) is 0.583. The molecule has 0 fully saturated rings. The smallest absolute Gasteiger partial charge is 0.278 e. The maximum Gasteiger partial charge on any atom is 0.278 e. The molecule has 0 amide bonds. The van der Waals surface area contributed by atoms with Crippen LogP contribution in [0.4, 0.5) is 5.95 Å². The Hall–Kier alpha value is -1.85. The van der Waals surface area contributed by atoms with Crippen molar-refractivity contribution in [1.82, 2.24) is 19.9 Å². The van der Waals surface area contributed by atoms with Crippen LogP contribution in [0.25, 0.3) is 11.2 Å². The first-order valence-corrected chi connectivity index (χ1v) is 6.41. The van der Waals surface area contributed by atoms with Crippen molar-refractivity contribution in [1.29, 1.82) is 0 Å². The van der Waals surface area contributed by atoms with Gasteiger partial charge in [-0.25, -0.2) is 4.98 Å². The van der Waals surface area contributed by atoms with Gasteiger partial charge < -0.3 is 10.7 Å².